The average molecular weight is 346 g/mol. The van der Waals surface area contributed by atoms with Crippen molar-refractivity contribution in [3.8, 4) is 0 Å². The monoisotopic (exact) mass is 346 g/mol. The summed E-state index contributed by atoms with van der Waals surface area (Å²) in [4.78, 5) is 8.46. The maximum atomic E-state index is 13.9. The van der Waals surface area contributed by atoms with E-state index in [-0.39, 0.29) is 23.6 Å². The summed E-state index contributed by atoms with van der Waals surface area (Å²) in [6.07, 6.45) is 4.07. The van der Waals surface area contributed by atoms with Gasteiger partial charge in [0.15, 0.2) is 5.96 Å². The highest BCUT2D eigenvalue weighted by Crippen LogP contribution is 2.43. The maximum absolute atomic E-state index is 13.9. The Morgan fingerprint density at radius 1 is 1.28 bits per heavy atom. The number of nitrogens with one attached hydrogen (secondary N) is 2. The zero-order valence-corrected chi connectivity index (χ0v) is 13.9. The number of guanidine groups is 1. The van der Waals surface area contributed by atoms with E-state index in [2.05, 4.69) is 25.7 Å². The molecule has 0 amide bonds. The summed E-state index contributed by atoms with van der Waals surface area (Å²) in [7, 11) is 1.69. The van der Waals surface area contributed by atoms with E-state index in [0.29, 0.717) is 12.4 Å². The molecular formula is C17H20F2N6. The molecule has 0 bridgehead atoms. The third kappa shape index (κ3) is 3.20. The lowest BCUT2D eigenvalue weighted by Gasteiger charge is -2.25. The van der Waals surface area contributed by atoms with Crippen molar-refractivity contribution < 1.29 is 8.78 Å². The molecule has 1 saturated carbocycles. The molecule has 2 aromatic rings. The summed E-state index contributed by atoms with van der Waals surface area (Å²) in [6, 6.07) is 4.18. The number of hydrogen-bond acceptors (Lipinski definition) is 3. The number of fused-ring (bicyclic) bond motifs is 1. The van der Waals surface area contributed by atoms with Crippen LogP contribution in [0.25, 0.3) is 0 Å². The van der Waals surface area contributed by atoms with Crippen molar-refractivity contribution in [1.82, 2.24) is 25.4 Å². The van der Waals surface area contributed by atoms with Gasteiger partial charge in [-0.2, -0.15) is 5.10 Å². The lowest BCUT2D eigenvalue weighted by atomic mass is 10.1. The van der Waals surface area contributed by atoms with Gasteiger partial charge < -0.3 is 10.6 Å². The van der Waals surface area contributed by atoms with Gasteiger partial charge in [0.25, 0.3) is 0 Å². The fraction of sp³-hybridized carbons (Fsp3) is 0.471. The van der Waals surface area contributed by atoms with E-state index in [0.717, 1.165) is 25.2 Å². The standard InChI is InChI=1S/C17H20F2N6/c1-20-17(23-10-5-6-15-21-9-22-25(15)8-10)24-14-7-11(14)16-12(18)3-2-4-13(16)19/h2-4,9-11,14H,5-8H2,1H3,(H2,20,23,24). The molecule has 1 aromatic carbocycles. The number of benzene rings is 1. The second-order valence-electron chi connectivity index (χ2n) is 6.54. The number of aromatic nitrogens is 3. The third-order valence-corrected chi connectivity index (χ3v) is 4.85. The van der Waals surface area contributed by atoms with Gasteiger partial charge in [0, 0.05) is 37.0 Å². The second-order valence-corrected chi connectivity index (χ2v) is 6.54. The van der Waals surface area contributed by atoms with Crippen LogP contribution in [0.3, 0.4) is 0 Å². The average Bonchev–Trinajstić information content (AvgIpc) is 3.17. The van der Waals surface area contributed by atoms with E-state index in [1.54, 1.807) is 13.4 Å². The third-order valence-electron chi connectivity index (χ3n) is 4.85. The first-order valence-electron chi connectivity index (χ1n) is 8.46. The van der Waals surface area contributed by atoms with Gasteiger partial charge in [0.1, 0.15) is 23.8 Å². The minimum Gasteiger partial charge on any atom is -0.353 e. The molecule has 4 rings (SSSR count). The van der Waals surface area contributed by atoms with E-state index < -0.39 is 11.6 Å². The SMILES string of the molecule is CN=C(NC1CCc2ncnn2C1)NC1CC1c1c(F)cccc1F. The molecule has 0 radical (unpaired) electrons. The van der Waals surface area contributed by atoms with E-state index in [9.17, 15) is 8.78 Å². The normalized spacial score (nSPS) is 25.4. The Labute approximate surface area is 144 Å². The smallest absolute Gasteiger partial charge is 0.191 e. The van der Waals surface area contributed by atoms with Crippen molar-refractivity contribution in [2.24, 2.45) is 4.99 Å². The van der Waals surface area contributed by atoms with Crippen molar-refractivity contribution in [3.63, 3.8) is 0 Å². The van der Waals surface area contributed by atoms with Crippen LogP contribution in [0.15, 0.2) is 29.5 Å². The molecule has 3 unspecified atom stereocenters. The maximum Gasteiger partial charge on any atom is 0.191 e. The molecule has 2 heterocycles. The molecule has 132 valence electrons. The molecule has 0 saturated heterocycles. The molecule has 1 aliphatic heterocycles. The first-order chi connectivity index (χ1) is 12.2. The molecule has 6 nitrogen and oxygen atoms in total. The van der Waals surface area contributed by atoms with Gasteiger partial charge in [-0.1, -0.05) is 6.07 Å². The van der Waals surface area contributed by atoms with Crippen molar-refractivity contribution in [2.45, 2.75) is 43.8 Å². The summed E-state index contributed by atoms with van der Waals surface area (Å²) >= 11 is 0. The van der Waals surface area contributed by atoms with Crippen molar-refractivity contribution >= 4 is 5.96 Å². The number of rotatable bonds is 3. The summed E-state index contributed by atoms with van der Waals surface area (Å²) < 4.78 is 29.7. The van der Waals surface area contributed by atoms with Crippen LogP contribution < -0.4 is 10.6 Å². The molecule has 8 heteroatoms. The highest BCUT2D eigenvalue weighted by atomic mass is 19.1. The number of halogens is 2. The summed E-state index contributed by atoms with van der Waals surface area (Å²) in [6.45, 7) is 0.728. The van der Waals surface area contributed by atoms with Crippen LogP contribution >= 0.6 is 0 Å². The largest absolute Gasteiger partial charge is 0.353 e. The molecule has 25 heavy (non-hydrogen) atoms. The van der Waals surface area contributed by atoms with Crippen LogP contribution in [-0.2, 0) is 13.0 Å². The fourth-order valence-electron chi connectivity index (χ4n) is 3.43. The summed E-state index contributed by atoms with van der Waals surface area (Å²) in [5.41, 5.74) is 0.167. The van der Waals surface area contributed by atoms with Crippen molar-refractivity contribution in [1.29, 1.82) is 0 Å². The van der Waals surface area contributed by atoms with Crippen LogP contribution in [-0.4, -0.2) is 39.9 Å². The number of aliphatic imine (C=N–C) groups is 1. The predicted octanol–water partition coefficient (Wildman–Crippen LogP) is 1.59. The molecular weight excluding hydrogens is 326 g/mol. The van der Waals surface area contributed by atoms with Crippen molar-refractivity contribution in [3.05, 3.63) is 47.5 Å². The van der Waals surface area contributed by atoms with Crippen LogP contribution in [0.4, 0.5) is 8.78 Å². The fourth-order valence-corrected chi connectivity index (χ4v) is 3.43. The van der Waals surface area contributed by atoms with Gasteiger partial charge in [-0.05, 0) is 25.0 Å². The van der Waals surface area contributed by atoms with Crippen LogP contribution in [0.1, 0.15) is 30.1 Å². The van der Waals surface area contributed by atoms with Crippen LogP contribution in [0, 0.1) is 11.6 Å². The van der Waals surface area contributed by atoms with Crippen LogP contribution in [0.5, 0.6) is 0 Å². The summed E-state index contributed by atoms with van der Waals surface area (Å²) in [5, 5.41) is 10.8. The molecule has 1 fully saturated rings. The Bertz CT molecular complexity index is 782. The molecule has 0 spiro atoms. The number of nitrogens with zero attached hydrogens (tertiary/aromatic N) is 4. The zero-order chi connectivity index (χ0) is 17.4. The first kappa shape index (κ1) is 16.0. The van der Waals surface area contributed by atoms with Crippen LogP contribution in [0.2, 0.25) is 0 Å². The van der Waals surface area contributed by atoms with Gasteiger partial charge in [-0.25, -0.2) is 18.4 Å². The Morgan fingerprint density at radius 3 is 2.84 bits per heavy atom. The van der Waals surface area contributed by atoms with E-state index in [4.69, 9.17) is 0 Å². The minimum absolute atomic E-state index is 0.0110. The van der Waals surface area contributed by atoms with E-state index >= 15 is 0 Å². The number of aryl methyl sites for hydroxylation is 1. The molecule has 3 atom stereocenters. The molecule has 1 aliphatic carbocycles. The predicted molar refractivity (Wildman–Crippen MR) is 89.3 cm³/mol. The Kier molecular flexibility index (Phi) is 4.10. The lowest BCUT2D eigenvalue weighted by Crippen LogP contribution is -2.47. The quantitative estimate of drug-likeness (QED) is 0.654. The number of hydrogen-bond donors (Lipinski definition) is 2. The Morgan fingerprint density at radius 2 is 2.08 bits per heavy atom. The van der Waals surface area contributed by atoms with E-state index in [1.807, 2.05) is 4.68 Å². The second kappa shape index (κ2) is 6.42. The molecule has 1 aromatic heterocycles. The first-order valence-corrected chi connectivity index (χ1v) is 8.46. The zero-order valence-electron chi connectivity index (χ0n) is 13.9. The summed E-state index contributed by atoms with van der Waals surface area (Å²) in [5.74, 6) is 0.524. The van der Waals surface area contributed by atoms with Gasteiger partial charge >= 0.3 is 0 Å². The topological polar surface area (TPSA) is 67.1 Å². The Hall–Kier alpha value is -2.51. The van der Waals surface area contributed by atoms with Gasteiger partial charge in [-0.15, -0.1) is 0 Å². The highest BCUT2D eigenvalue weighted by Gasteiger charge is 2.42. The highest BCUT2D eigenvalue weighted by molar-refractivity contribution is 5.80. The van der Waals surface area contributed by atoms with Gasteiger partial charge in [0.05, 0.1) is 6.54 Å². The van der Waals surface area contributed by atoms with E-state index in [1.165, 1.54) is 18.2 Å². The minimum atomic E-state index is -0.483. The Balaban J connectivity index is 1.36. The molecule has 2 aliphatic rings. The van der Waals surface area contributed by atoms with Crippen molar-refractivity contribution in [2.75, 3.05) is 7.05 Å². The van der Waals surface area contributed by atoms with Gasteiger partial charge in [-0.3, -0.25) is 4.99 Å². The molecule has 2 N–H and O–H groups in total. The van der Waals surface area contributed by atoms with Gasteiger partial charge in [0.2, 0.25) is 0 Å². The lowest BCUT2D eigenvalue weighted by molar-refractivity contribution is 0.392.